The van der Waals surface area contributed by atoms with E-state index in [1.807, 2.05) is 6.92 Å². The van der Waals surface area contributed by atoms with E-state index in [1.165, 1.54) is 11.3 Å². The fourth-order valence-corrected chi connectivity index (χ4v) is 0.860. The number of aryl methyl sites for hydroxylation is 1. The SMILES string of the molecule is COc1nnc(C)s1. The first-order valence-corrected chi connectivity index (χ1v) is 2.98. The van der Waals surface area contributed by atoms with Crippen LogP contribution in [0.4, 0.5) is 0 Å². The van der Waals surface area contributed by atoms with Crippen molar-refractivity contribution in [2.75, 3.05) is 7.11 Å². The van der Waals surface area contributed by atoms with Crippen LogP contribution in [-0.2, 0) is 0 Å². The van der Waals surface area contributed by atoms with Crippen LogP contribution >= 0.6 is 11.3 Å². The highest BCUT2D eigenvalue weighted by atomic mass is 32.1. The van der Waals surface area contributed by atoms with E-state index in [4.69, 9.17) is 4.74 Å². The topological polar surface area (TPSA) is 35.0 Å². The van der Waals surface area contributed by atoms with Crippen molar-refractivity contribution in [1.82, 2.24) is 10.2 Å². The summed E-state index contributed by atoms with van der Waals surface area (Å²) in [6.07, 6.45) is 0. The van der Waals surface area contributed by atoms with Crippen molar-refractivity contribution in [2.45, 2.75) is 6.92 Å². The van der Waals surface area contributed by atoms with Crippen LogP contribution in [0.1, 0.15) is 5.01 Å². The Hall–Kier alpha value is -0.640. The molecule has 0 aliphatic carbocycles. The van der Waals surface area contributed by atoms with Gasteiger partial charge in [-0.3, -0.25) is 0 Å². The number of methoxy groups -OCH3 is 1. The molecule has 0 bridgehead atoms. The highest BCUT2D eigenvalue weighted by Crippen LogP contribution is 2.14. The Morgan fingerprint density at radius 2 is 2.25 bits per heavy atom. The van der Waals surface area contributed by atoms with Gasteiger partial charge in [0, 0.05) is 0 Å². The van der Waals surface area contributed by atoms with E-state index in [2.05, 4.69) is 10.2 Å². The summed E-state index contributed by atoms with van der Waals surface area (Å²) in [5, 5.41) is 8.97. The van der Waals surface area contributed by atoms with Crippen molar-refractivity contribution in [2.24, 2.45) is 0 Å². The minimum absolute atomic E-state index is 0.627. The fraction of sp³-hybridized carbons (Fsp3) is 0.500. The third-order valence-corrected chi connectivity index (χ3v) is 1.48. The molecule has 0 aliphatic rings. The molecule has 0 aliphatic heterocycles. The molecule has 4 heteroatoms. The summed E-state index contributed by atoms with van der Waals surface area (Å²) >= 11 is 1.44. The van der Waals surface area contributed by atoms with Crippen LogP contribution in [0.2, 0.25) is 0 Å². The van der Waals surface area contributed by atoms with Crippen molar-refractivity contribution < 1.29 is 4.74 Å². The second kappa shape index (κ2) is 2.09. The van der Waals surface area contributed by atoms with E-state index in [1.54, 1.807) is 7.11 Å². The van der Waals surface area contributed by atoms with Crippen LogP contribution in [0.15, 0.2) is 0 Å². The van der Waals surface area contributed by atoms with Crippen LogP contribution < -0.4 is 4.74 Å². The maximum atomic E-state index is 4.78. The molecule has 0 N–H and O–H groups in total. The minimum atomic E-state index is 0.627. The zero-order valence-corrected chi connectivity index (χ0v) is 5.53. The molecular formula is C4H6N2OS. The molecule has 8 heavy (non-hydrogen) atoms. The molecule has 1 rings (SSSR count). The van der Waals surface area contributed by atoms with E-state index in [0.29, 0.717) is 5.19 Å². The largest absolute Gasteiger partial charge is 0.472 e. The number of aromatic nitrogens is 2. The third-order valence-electron chi connectivity index (χ3n) is 0.682. The van der Waals surface area contributed by atoms with Gasteiger partial charge in [-0.05, 0) is 6.92 Å². The highest BCUT2D eigenvalue weighted by Gasteiger charge is 1.94. The molecule has 0 saturated heterocycles. The van der Waals surface area contributed by atoms with Crippen LogP contribution in [0.25, 0.3) is 0 Å². The maximum Gasteiger partial charge on any atom is 0.293 e. The molecule has 44 valence electrons. The van der Waals surface area contributed by atoms with Gasteiger partial charge in [0.15, 0.2) is 0 Å². The van der Waals surface area contributed by atoms with Crippen LogP contribution in [0.5, 0.6) is 5.19 Å². The molecular weight excluding hydrogens is 124 g/mol. The zero-order valence-electron chi connectivity index (χ0n) is 4.71. The number of ether oxygens (including phenoxy) is 1. The summed E-state index contributed by atoms with van der Waals surface area (Å²) < 4.78 is 4.78. The first-order chi connectivity index (χ1) is 3.83. The first kappa shape index (κ1) is 5.50. The molecule has 3 nitrogen and oxygen atoms in total. The van der Waals surface area contributed by atoms with Crippen molar-refractivity contribution in [3.63, 3.8) is 0 Å². The van der Waals surface area contributed by atoms with Crippen molar-refractivity contribution in [3.05, 3.63) is 5.01 Å². The average Bonchev–Trinajstić information content (AvgIpc) is 2.14. The van der Waals surface area contributed by atoms with E-state index in [-0.39, 0.29) is 0 Å². The van der Waals surface area contributed by atoms with Crippen LogP contribution in [0, 0.1) is 6.92 Å². The van der Waals surface area contributed by atoms with Gasteiger partial charge in [-0.1, -0.05) is 11.3 Å². The monoisotopic (exact) mass is 130 g/mol. The summed E-state index contributed by atoms with van der Waals surface area (Å²) in [5.41, 5.74) is 0. The van der Waals surface area contributed by atoms with Gasteiger partial charge in [0.2, 0.25) is 0 Å². The van der Waals surface area contributed by atoms with Crippen LogP contribution in [0.3, 0.4) is 0 Å². The van der Waals surface area contributed by atoms with E-state index < -0.39 is 0 Å². The van der Waals surface area contributed by atoms with Crippen molar-refractivity contribution in [3.8, 4) is 5.19 Å². The van der Waals surface area contributed by atoms with Crippen LogP contribution in [-0.4, -0.2) is 17.3 Å². The molecule has 0 aromatic carbocycles. The lowest BCUT2D eigenvalue weighted by atomic mass is 10.9. The second-order valence-corrected chi connectivity index (χ2v) is 2.44. The summed E-state index contributed by atoms with van der Waals surface area (Å²) in [7, 11) is 1.58. The Bertz CT molecular complexity index is 174. The first-order valence-electron chi connectivity index (χ1n) is 2.17. The molecule has 0 radical (unpaired) electrons. The summed E-state index contributed by atoms with van der Waals surface area (Å²) in [4.78, 5) is 0. The second-order valence-electron chi connectivity index (χ2n) is 1.29. The van der Waals surface area contributed by atoms with Crippen molar-refractivity contribution >= 4 is 11.3 Å². The number of hydrogen-bond acceptors (Lipinski definition) is 4. The fourth-order valence-electron chi connectivity index (χ4n) is 0.361. The van der Waals surface area contributed by atoms with Gasteiger partial charge in [0.25, 0.3) is 5.19 Å². The standard InChI is InChI=1S/C4H6N2OS/c1-3-5-6-4(7-2)8-3/h1-2H3. The molecule has 0 saturated carbocycles. The van der Waals surface area contributed by atoms with Gasteiger partial charge in [-0.15, -0.1) is 10.2 Å². The predicted molar refractivity (Wildman–Crippen MR) is 31.2 cm³/mol. The molecule has 0 spiro atoms. The lowest BCUT2D eigenvalue weighted by Crippen LogP contribution is -1.78. The quantitative estimate of drug-likeness (QED) is 0.565. The molecule has 1 aromatic heterocycles. The maximum absolute atomic E-state index is 4.78. The van der Waals surface area contributed by atoms with E-state index in [0.717, 1.165) is 5.01 Å². The number of hydrogen-bond donors (Lipinski definition) is 0. The summed E-state index contributed by atoms with van der Waals surface area (Å²) in [6, 6.07) is 0. The highest BCUT2D eigenvalue weighted by molar-refractivity contribution is 7.12. The van der Waals surface area contributed by atoms with E-state index >= 15 is 0 Å². The van der Waals surface area contributed by atoms with Gasteiger partial charge in [0.1, 0.15) is 5.01 Å². The Morgan fingerprint density at radius 1 is 1.50 bits per heavy atom. The van der Waals surface area contributed by atoms with Crippen molar-refractivity contribution in [1.29, 1.82) is 0 Å². The lowest BCUT2D eigenvalue weighted by Gasteiger charge is -1.83. The lowest BCUT2D eigenvalue weighted by molar-refractivity contribution is 0.407. The Balaban J connectivity index is 2.84. The summed E-state index contributed by atoms with van der Waals surface area (Å²) in [5.74, 6) is 0. The Labute approximate surface area is 51.3 Å². The van der Waals surface area contributed by atoms with Gasteiger partial charge < -0.3 is 4.74 Å². The third kappa shape index (κ3) is 0.949. The smallest absolute Gasteiger partial charge is 0.293 e. The van der Waals surface area contributed by atoms with Gasteiger partial charge in [-0.25, -0.2) is 0 Å². The number of rotatable bonds is 1. The zero-order chi connectivity index (χ0) is 5.98. The average molecular weight is 130 g/mol. The summed E-state index contributed by atoms with van der Waals surface area (Å²) in [6.45, 7) is 1.89. The Kier molecular flexibility index (Phi) is 1.43. The molecule has 0 fully saturated rings. The minimum Gasteiger partial charge on any atom is -0.472 e. The van der Waals surface area contributed by atoms with E-state index in [9.17, 15) is 0 Å². The van der Waals surface area contributed by atoms with Gasteiger partial charge in [0.05, 0.1) is 7.11 Å². The molecule has 1 aromatic rings. The Morgan fingerprint density at radius 3 is 2.50 bits per heavy atom. The molecule has 1 heterocycles. The molecule has 0 amide bonds. The molecule has 0 unspecified atom stereocenters. The normalized spacial score (nSPS) is 9.25. The predicted octanol–water partition coefficient (Wildman–Crippen LogP) is 0.855. The molecule has 0 atom stereocenters. The van der Waals surface area contributed by atoms with Gasteiger partial charge >= 0.3 is 0 Å². The number of nitrogens with zero attached hydrogens (tertiary/aromatic N) is 2. The van der Waals surface area contributed by atoms with Gasteiger partial charge in [-0.2, -0.15) is 0 Å².